The lowest BCUT2D eigenvalue weighted by atomic mass is 9.55. The smallest absolute Gasteiger partial charge is 0.0470 e. The van der Waals surface area contributed by atoms with Gasteiger partial charge in [0.15, 0.2) is 0 Å². The molecule has 1 saturated carbocycles. The zero-order valence-corrected chi connectivity index (χ0v) is 12.8. The lowest BCUT2D eigenvalue weighted by Crippen LogP contribution is -2.45. The van der Waals surface area contributed by atoms with Gasteiger partial charge in [-0.2, -0.15) is 0 Å². The van der Waals surface area contributed by atoms with Crippen LogP contribution in [-0.2, 0) is 0 Å². The number of rotatable bonds is 5. The average Bonchev–Trinajstić information content (AvgIpc) is 2.13. The first-order valence-corrected chi connectivity index (χ1v) is 7.37. The van der Waals surface area contributed by atoms with Crippen molar-refractivity contribution in [2.45, 2.75) is 85.1 Å². The van der Waals surface area contributed by atoms with Gasteiger partial charge >= 0.3 is 0 Å². The maximum absolute atomic E-state index is 8.84. The molecule has 104 valence electrons. The SMILES string of the molecule is CCCC1(CCC)CC(C)(C)CC(C)(N=[N+]=[N-])C1. The quantitative estimate of drug-likeness (QED) is 0.334. The van der Waals surface area contributed by atoms with Crippen LogP contribution in [0, 0.1) is 10.8 Å². The molecule has 0 saturated heterocycles. The highest BCUT2D eigenvalue weighted by atomic mass is 15.2. The molecular formula is C15H29N3. The van der Waals surface area contributed by atoms with Crippen molar-refractivity contribution >= 4 is 0 Å². The maximum atomic E-state index is 8.84. The summed E-state index contributed by atoms with van der Waals surface area (Å²) in [6.07, 6.45) is 8.33. The van der Waals surface area contributed by atoms with E-state index in [-0.39, 0.29) is 11.0 Å². The molecule has 3 heteroatoms. The van der Waals surface area contributed by atoms with E-state index in [2.05, 4.69) is 44.6 Å². The Morgan fingerprint density at radius 2 is 1.56 bits per heavy atom. The van der Waals surface area contributed by atoms with Crippen molar-refractivity contribution in [3.05, 3.63) is 10.4 Å². The van der Waals surface area contributed by atoms with Crippen LogP contribution in [0.25, 0.3) is 10.4 Å². The third kappa shape index (κ3) is 3.65. The summed E-state index contributed by atoms with van der Waals surface area (Å²) in [6, 6.07) is 0. The second kappa shape index (κ2) is 5.52. The number of hydrogen-bond acceptors (Lipinski definition) is 1. The van der Waals surface area contributed by atoms with Crippen molar-refractivity contribution in [1.29, 1.82) is 0 Å². The summed E-state index contributed by atoms with van der Waals surface area (Å²) < 4.78 is 0. The van der Waals surface area contributed by atoms with E-state index in [1.165, 1.54) is 32.1 Å². The van der Waals surface area contributed by atoms with Crippen molar-refractivity contribution in [3.63, 3.8) is 0 Å². The van der Waals surface area contributed by atoms with E-state index in [1.807, 2.05) is 0 Å². The highest BCUT2D eigenvalue weighted by Crippen LogP contribution is 2.55. The van der Waals surface area contributed by atoms with E-state index in [4.69, 9.17) is 5.53 Å². The van der Waals surface area contributed by atoms with Gasteiger partial charge in [0.05, 0.1) is 0 Å². The molecule has 0 amide bonds. The van der Waals surface area contributed by atoms with Crippen LogP contribution in [-0.4, -0.2) is 5.54 Å². The predicted octanol–water partition coefficient (Wildman–Crippen LogP) is 5.85. The number of nitrogens with zero attached hydrogens (tertiary/aromatic N) is 3. The van der Waals surface area contributed by atoms with Crippen LogP contribution in [0.1, 0.15) is 79.6 Å². The van der Waals surface area contributed by atoms with E-state index >= 15 is 0 Å². The van der Waals surface area contributed by atoms with Gasteiger partial charge in [-0.3, -0.25) is 0 Å². The van der Waals surface area contributed by atoms with E-state index in [0.29, 0.717) is 5.41 Å². The summed E-state index contributed by atoms with van der Waals surface area (Å²) in [7, 11) is 0. The van der Waals surface area contributed by atoms with Crippen molar-refractivity contribution in [2.24, 2.45) is 15.9 Å². The number of azide groups is 1. The van der Waals surface area contributed by atoms with Crippen LogP contribution in [0.2, 0.25) is 0 Å². The molecule has 1 rings (SSSR count). The summed E-state index contributed by atoms with van der Waals surface area (Å²) in [4.78, 5) is 3.11. The van der Waals surface area contributed by atoms with E-state index in [0.717, 1.165) is 12.8 Å². The normalized spacial score (nSPS) is 29.6. The van der Waals surface area contributed by atoms with Crippen molar-refractivity contribution in [1.82, 2.24) is 0 Å². The molecule has 0 N–H and O–H groups in total. The standard InChI is InChI=1S/C15H29N3/c1-6-8-15(9-7-2)11-13(3,4)10-14(5,12-15)17-18-16/h6-12H2,1-5H3. The summed E-state index contributed by atoms with van der Waals surface area (Å²) in [5.41, 5.74) is 9.32. The van der Waals surface area contributed by atoms with Crippen LogP contribution in [0.3, 0.4) is 0 Å². The minimum absolute atomic E-state index is 0.194. The Balaban J connectivity index is 3.06. The molecule has 0 bridgehead atoms. The summed E-state index contributed by atoms with van der Waals surface area (Å²) in [5, 5.41) is 4.15. The van der Waals surface area contributed by atoms with E-state index in [1.54, 1.807) is 0 Å². The first-order chi connectivity index (χ1) is 8.30. The fourth-order valence-corrected chi connectivity index (χ4v) is 4.76. The van der Waals surface area contributed by atoms with Gasteiger partial charge in [-0.05, 0) is 48.5 Å². The molecule has 0 aromatic carbocycles. The minimum atomic E-state index is -0.194. The monoisotopic (exact) mass is 251 g/mol. The Hall–Kier alpha value is -0.690. The highest BCUT2D eigenvalue weighted by Gasteiger charge is 2.47. The molecule has 1 fully saturated rings. The van der Waals surface area contributed by atoms with Gasteiger partial charge in [-0.1, -0.05) is 52.6 Å². The first-order valence-electron chi connectivity index (χ1n) is 7.37. The largest absolute Gasteiger partial charge is 0.0875 e. The Morgan fingerprint density at radius 1 is 1.00 bits per heavy atom. The molecule has 1 unspecified atom stereocenters. The fourth-order valence-electron chi connectivity index (χ4n) is 4.76. The fraction of sp³-hybridized carbons (Fsp3) is 1.00. The molecular weight excluding hydrogens is 222 g/mol. The minimum Gasteiger partial charge on any atom is -0.0875 e. The predicted molar refractivity (Wildman–Crippen MR) is 77.4 cm³/mol. The second-order valence-electron chi connectivity index (χ2n) is 7.38. The molecule has 1 aliphatic carbocycles. The molecule has 18 heavy (non-hydrogen) atoms. The Labute approximate surface area is 112 Å². The van der Waals surface area contributed by atoms with Gasteiger partial charge in [0, 0.05) is 10.5 Å². The van der Waals surface area contributed by atoms with Crippen LogP contribution >= 0.6 is 0 Å². The zero-order valence-electron chi connectivity index (χ0n) is 12.8. The summed E-state index contributed by atoms with van der Waals surface area (Å²) in [5.74, 6) is 0. The van der Waals surface area contributed by atoms with E-state index in [9.17, 15) is 0 Å². The molecule has 1 aliphatic rings. The van der Waals surface area contributed by atoms with Gasteiger partial charge in [0.1, 0.15) is 0 Å². The van der Waals surface area contributed by atoms with Gasteiger partial charge in [0.2, 0.25) is 0 Å². The van der Waals surface area contributed by atoms with Gasteiger partial charge in [-0.25, -0.2) is 0 Å². The van der Waals surface area contributed by atoms with Gasteiger partial charge < -0.3 is 0 Å². The molecule has 0 radical (unpaired) electrons. The molecule has 3 nitrogen and oxygen atoms in total. The lowest BCUT2D eigenvalue weighted by Gasteiger charge is -2.52. The number of hydrogen-bond donors (Lipinski definition) is 0. The van der Waals surface area contributed by atoms with Crippen molar-refractivity contribution in [3.8, 4) is 0 Å². The third-order valence-corrected chi connectivity index (χ3v) is 4.32. The van der Waals surface area contributed by atoms with Crippen LogP contribution in [0.5, 0.6) is 0 Å². The second-order valence-corrected chi connectivity index (χ2v) is 7.38. The molecule has 0 aromatic rings. The van der Waals surface area contributed by atoms with E-state index < -0.39 is 0 Å². The first kappa shape index (κ1) is 15.4. The Kier molecular flexibility index (Phi) is 4.72. The summed E-state index contributed by atoms with van der Waals surface area (Å²) >= 11 is 0. The lowest BCUT2D eigenvalue weighted by molar-refractivity contribution is 0.0174. The van der Waals surface area contributed by atoms with Crippen LogP contribution in [0.4, 0.5) is 0 Å². The van der Waals surface area contributed by atoms with Gasteiger partial charge in [0.25, 0.3) is 0 Å². The molecule has 0 heterocycles. The Morgan fingerprint density at radius 3 is 2.00 bits per heavy atom. The topological polar surface area (TPSA) is 48.8 Å². The average molecular weight is 251 g/mol. The van der Waals surface area contributed by atoms with Gasteiger partial charge in [-0.15, -0.1) is 0 Å². The molecule has 1 atom stereocenters. The third-order valence-electron chi connectivity index (χ3n) is 4.32. The van der Waals surface area contributed by atoms with Crippen LogP contribution < -0.4 is 0 Å². The summed E-state index contributed by atoms with van der Waals surface area (Å²) in [6.45, 7) is 11.3. The van der Waals surface area contributed by atoms with Crippen LogP contribution in [0.15, 0.2) is 5.11 Å². The van der Waals surface area contributed by atoms with Crippen molar-refractivity contribution in [2.75, 3.05) is 0 Å². The highest BCUT2D eigenvalue weighted by molar-refractivity contribution is 5.03. The zero-order chi connectivity index (χ0) is 13.9. The molecule has 0 aliphatic heterocycles. The Bertz CT molecular complexity index is 323. The molecule has 0 spiro atoms. The molecule has 0 aromatic heterocycles. The maximum Gasteiger partial charge on any atom is 0.0470 e. The van der Waals surface area contributed by atoms with Crippen molar-refractivity contribution < 1.29 is 0 Å².